The monoisotopic (exact) mass is 395 g/mol. The Morgan fingerprint density at radius 2 is 1.93 bits per heavy atom. The van der Waals surface area contributed by atoms with Gasteiger partial charge in [0.25, 0.3) is 10.9 Å². The molecule has 0 amide bonds. The van der Waals surface area contributed by atoms with Crippen LogP contribution in [-0.2, 0) is 12.7 Å². The molecule has 3 rings (SSSR count). The van der Waals surface area contributed by atoms with E-state index in [4.69, 9.17) is 0 Å². The number of anilines is 2. The van der Waals surface area contributed by atoms with E-state index in [2.05, 4.69) is 25.0 Å². The van der Waals surface area contributed by atoms with Gasteiger partial charge in [-0.05, 0) is 26.0 Å². The Kier molecular flexibility index (Phi) is 4.92. The zero-order valence-electron chi connectivity index (χ0n) is 15.2. The molecule has 0 unspecified atom stereocenters. The maximum absolute atomic E-state index is 12.5. The number of nitrogens with one attached hydrogen (secondary N) is 1. The minimum absolute atomic E-state index is 0.00981. The largest absolute Gasteiger partial charge is 0.471 e. The molecule has 0 spiro atoms. The Morgan fingerprint density at radius 3 is 2.46 bits per heavy atom. The Morgan fingerprint density at radius 1 is 1.21 bits per heavy atom. The molecule has 1 N–H and O–H groups in total. The standard InChI is InChI=1S/C17H16F3N5O3/c1-8(2)22-11-12(14(27)13(11)26)25(3)7-10-5-4-9(6-21-10)15-23-16(28-24-15)17(18,19)20/h4-6,8,22H,7H2,1-3H3. The summed E-state index contributed by atoms with van der Waals surface area (Å²) in [4.78, 5) is 32.6. The van der Waals surface area contributed by atoms with Crippen molar-refractivity contribution in [2.24, 2.45) is 0 Å². The lowest BCUT2D eigenvalue weighted by Crippen LogP contribution is -2.42. The maximum Gasteiger partial charge on any atom is 0.471 e. The molecule has 0 atom stereocenters. The Hall–Kier alpha value is -3.24. The van der Waals surface area contributed by atoms with E-state index in [1.54, 1.807) is 18.0 Å². The van der Waals surface area contributed by atoms with Crippen LogP contribution in [0.2, 0.25) is 0 Å². The number of pyridine rings is 1. The van der Waals surface area contributed by atoms with E-state index in [-0.39, 0.29) is 35.3 Å². The van der Waals surface area contributed by atoms with E-state index in [9.17, 15) is 22.8 Å². The van der Waals surface area contributed by atoms with Crippen LogP contribution in [0.5, 0.6) is 0 Å². The van der Waals surface area contributed by atoms with Gasteiger partial charge >= 0.3 is 12.1 Å². The summed E-state index contributed by atoms with van der Waals surface area (Å²) in [5.74, 6) is -1.66. The van der Waals surface area contributed by atoms with Crippen LogP contribution in [0.4, 0.5) is 24.5 Å². The third-order valence-electron chi connectivity index (χ3n) is 3.85. The molecule has 0 aliphatic heterocycles. The maximum atomic E-state index is 12.5. The van der Waals surface area contributed by atoms with Crippen molar-refractivity contribution in [2.45, 2.75) is 32.6 Å². The minimum atomic E-state index is -4.72. The van der Waals surface area contributed by atoms with Gasteiger partial charge in [-0.3, -0.25) is 14.6 Å². The van der Waals surface area contributed by atoms with Crippen LogP contribution in [0.1, 0.15) is 25.4 Å². The normalized spacial score (nSPS) is 12.0. The van der Waals surface area contributed by atoms with Crippen LogP contribution in [0.25, 0.3) is 11.4 Å². The molecule has 2 aromatic heterocycles. The van der Waals surface area contributed by atoms with Crippen molar-refractivity contribution in [2.75, 3.05) is 17.3 Å². The van der Waals surface area contributed by atoms with Gasteiger partial charge < -0.3 is 14.7 Å². The smallest absolute Gasteiger partial charge is 0.378 e. The summed E-state index contributed by atoms with van der Waals surface area (Å²) in [7, 11) is 1.64. The molecule has 148 valence electrons. The summed E-state index contributed by atoms with van der Waals surface area (Å²) in [6, 6.07) is 3.05. The molecule has 0 aliphatic rings. The Labute approximate surface area is 156 Å². The van der Waals surface area contributed by atoms with E-state index in [1.165, 1.54) is 12.3 Å². The summed E-state index contributed by atoms with van der Waals surface area (Å²) in [5.41, 5.74) is 0.199. The first kappa shape index (κ1) is 19.5. The first-order valence-electron chi connectivity index (χ1n) is 8.25. The highest BCUT2D eigenvalue weighted by molar-refractivity contribution is 5.75. The van der Waals surface area contributed by atoms with Gasteiger partial charge in [0.15, 0.2) is 0 Å². The van der Waals surface area contributed by atoms with E-state index >= 15 is 0 Å². The van der Waals surface area contributed by atoms with Crippen LogP contribution in [0, 0.1) is 0 Å². The fourth-order valence-corrected chi connectivity index (χ4v) is 2.59. The van der Waals surface area contributed by atoms with E-state index < -0.39 is 22.9 Å². The van der Waals surface area contributed by atoms with Crippen LogP contribution < -0.4 is 21.1 Å². The molecule has 0 radical (unpaired) electrons. The SMILES string of the molecule is CC(C)Nc1c(N(C)Cc2ccc(-c3noc(C(F)(F)F)n3)cn2)c(=O)c1=O. The molecule has 0 aliphatic carbocycles. The van der Waals surface area contributed by atoms with E-state index in [1.807, 2.05) is 13.8 Å². The summed E-state index contributed by atoms with van der Waals surface area (Å²) >= 11 is 0. The van der Waals surface area contributed by atoms with Gasteiger partial charge in [0.1, 0.15) is 11.4 Å². The lowest BCUT2D eigenvalue weighted by atomic mass is 10.1. The lowest BCUT2D eigenvalue weighted by Gasteiger charge is -2.24. The van der Waals surface area contributed by atoms with Gasteiger partial charge in [-0.25, -0.2) is 0 Å². The summed E-state index contributed by atoms with van der Waals surface area (Å²) < 4.78 is 41.8. The lowest BCUT2D eigenvalue weighted by molar-refractivity contribution is -0.159. The first-order valence-corrected chi connectivity index (χ1v) is 8.25. The molecule has 2 heterocycles. The van der Waals surface area contributed by atoms with Gasteiger partial charge in [-0.1, -0.05) is 5.16 Å². The number of rotatable bonds is 6. The molecule has 28 heavy (non-hydrogen) atoms. The highest BCUT2D eigenvalue weighted by Crippen LogP contribution is 2.29. The van der Waals surface area contributed by atoms with Crippen LogP contribution in [0.15, 0.2) is 32.4 Å². The molecule has 0 fully saturated rings. The predicted molar refractivity (Wildman–Crippen MR) is 94.8 cm³/mol. The topological polar surface area (TPSA) is 101 Å². The van der Waals surface area contributed by atoms with E-state index in [0.29, 0.717) is 5.69 Å². The second-order valence-electron chi connectivity index (χ2n) is 6.50. The van der Waals surface area contributed by atoms with Crippen molar-refractivity contribution in [1.29, 1.82) is 0 Å². The molecular weight excluding hydrogens is 379 g/mol. The van der Waals surface area contributed by atoms with Gasteiger partial charge in [-0.15, -0.1) is 0 Å². The van der Waals surface area contributed by atoms with Crippen molar-refractivity contribution in [3.63, 3.8) is 0 Å². The molecular formula is C17H16F3N5O3. The molecule has 1 aromatic carbocycles. The predicted octanol–water partition coefficient (Wildman–Crippen LogP) is 2.20. The number of nitrogens with zero attached hydrogens (tertiary/aromatic N) is 4. The molecule has 3 aromatic rings. The number of hydrogen-bond acceptors (Lipinski definition) is 8. The Bertz CT molecular complexity index is 1050. The number of aromatic nitrogens is 3. The summed E-state index contributed by atoms with van der Waals surface area (Å²) in [6.45, 7) is 3.92. The van der Waals surface area contributed by atoms with E-state index in [0.717, 1.165) is 0 Å². The average molecular weight is 395 g/mol. The van der Waals surface area contributed by atoms with Gasteiger partial charge in [0, 0.05) is 24.8 Å². The van der Waals surface area contributed by atoms with Crippen LogP contribution >= 0.6 is 0 Å². The highest BCUT2D eigenvalue weighted by Gasteiger charge is 2.38. The van der Waals surface area contributed by atoms with Crippen molar-refractivity contribution < 1.29 is 17.7 Å². The summed E-state index contributed by atoms with van der Waals surface area (Å²) in [6.07, 6.45) is -3.41. The van der Waals surface area contributed by atoms with Crippen molar-refractivity contribution in [3.8, 4) is 11.4 Å². The summed E-state index contributed by atoms with van der Waals surface area (Å²) in [5, 5.41) is 6.25. The molecule has 0 bridgehead atoms. The van der Waals surface area contributed by atoms with Crippen molar-refractivity contribution in [1.82, 2.24) is 15.1 Å². The highest BCUT2D eigenvalue weighted by atomic mass is 19.4. The quantitative estimate of drug-likeness (QED) is 0.634. The van der Waals surface area contributed by atoms with Crippen molar-refractivity contribution >= 4 is 11.4 Å². The zero-order valence-corrected chi connectivity index (χ0v) is 15.2. The van der Waals surface area contributed by atoms with Crippen LogP contribution in [-0.4, -0.2) is 28.2 Å². The average Bonchev–Trinajstić information content (AvgIpc) is 3.11. The fourth-order valence-electron chi connectivity index (χ4n) is 2.59. The second kappa shape index (κ2) is 7.06. The zero-order chi connectivity index (χ0) is 20.6. The minimum Gasteiger partial charge on any atom is -0.378 e. The van der Waals surface area contributed by atoms with Gasteiger partial charge in [0.2, 0.25) is 5.82 Å². The first-order chi connectivity index (χ1) is 13.1. The second-order valence-corrected chi connectivity index (χ2v) is 6.50. The van der Waals surface area contributed by atoms with Crippen LogP contribution in [0.3, 0.4) is 0 Å². The molecule has 8 nitrogen and oxygen atoms in total. The molecule has 0 saturated carbocycles. The third kappa shape index (κ3) is 3.73. The Balaban J connectivity index is 1.75. The fraction of sp³-hybridized carbons (Fsp3) is 0.353. The molecule has 0 saturated heterocycles. The number of halogens is 3. The van der Waals surface area contributed by atoms with Gasteiger partial charge in [0.05, 0.1) is 12.2 Å². The number of hydrogen-bond donors (Lipinski definition) is 1. The van der Waals surface area contributed by atoms with Crippen molar-refractivity contribution in [3.05, 3.63) is 50.4 Å². The van der Waals surface area contributed by atoms with Gasteiger partial charge in [-0.2, -0.15) is 18.2 Å². The molecule has 11 heteroatoms. The third-order valence-corrected chi connectivity index (χ3v) is 3.85. The number of alkyl halides is 3.